The molecule has 1 aliphatic rings. The van der Waals surface area contributed by atoms with E-state index in [1.165, 1.54) is 6.33 Å². The van der Waals surface area contributed by atoms with Crippen LogP contribution in [0.1, 0.15) is 17.5 Å². The monoisotopic (exact) mass is 315 g/mol. The van der Waals surface area contributed by atoms with Crippen LogP contribution in [0.3, 0.4) is 0 Å². The van der Waals surface area contributed by atoms with Crippen molar-refractivity contribution >= 4 is 5.91 Å². The van der Waals surface area contributed by atoms with Gasteiger partial charge in [0, 0.05) is 25.6 Å². The number of nitrogens with one attached hydrogen (secondary N) is 2. The zero-order valence-electron chi connectivity index (χ0n) is 12.9. The maximum Gasteiger partial charge on any atom is 0.221 e. The summed E-state index contributed by atoms with van der Waals surface area (Å²) in [7, 11) is 0. The summed E-state index contributed by atoms with van der Waals surface area (Å²) in [5.41, 5.74) is 2.21. The van der Waals surface area contributed by atoms with Gasteiger partial charge in [-0.05, 0) is 11.1 Å². The summed E-state index contributed by atoms with van der Waals surface area (Å²) in [6, 6.07) is 8.13. The summed E-state index contributed by atoms with van der Waals surface area (Å²) in [5.74, 6) is 0.0311. The van der Waals surface area contributed by atoms with E-state index in [0.29, 0.717) is 32.7 Å². The van der Waals surface area contributed by atoms with E-state index < -0.39 is 0 Å². The number of rotatable bonds is 6. The highest BCUT2D eigenvalue weighted by Gasteiger charge is 2.16. The molecule has 2 N–H and O–H groups in total. The van der Waals surface area contributed by atoms with Gasteiger partial charge in [-0.2, -0.15) is 5.10 Å². The van der Waals surface area contributed by atoms with E-state index in [2.05, 4.69) is 20.7 Å². The van der Waals surface area contributed by atoms with Crippen LogP contribution in [-0.2, 0) is 22.6 Å². The van der Waals surface area contributed by atoms with Gasteiger partial charge >= 0.3 is 0 Å². The summed E-state index contributed by atoms with van der Waals surface area (Å²) in [4.78, 5) is 16.0. The standard InChI is InChI=1S/C16H21N5O2/c22-16(7-15-10-23-6-5-18-15)19-8-13-3-1-2-4-14(13)9-21-12-17-11-20-21/h1-4,11-12,15,18H,5-10H2,(H,19,22). The smallest absolute Gasteiger partial charge is 0.221 e. The van der Waals surface area contributed by atoms with Crippen LogP contribution in [0.5, 0.6) is 0 Å². The molecule has 1 saturated heterocycles. The molecule has 1 aliphatic heterocycles. The first-order valence-corrected chi connectivity index (χ1v) is 7.78. The third-order valence-corrected chi connectivity index (χ3v) is 3.82. The molecule has 1 fully saturated rings. The minimum Gasteiger partial charge on any atom is -0.378 e. The van der Waals surface area contributed by atoms with E-state index in [-0.39, 0.29) is 11.9 Å². The van der Waals surface area contributed by atoms with Gasteiger partial charge in [0.1, 0.15) is 12.7 Å². The second-order valence-corrected chi connectivity index (χ2v) is 5.57. The number of hydrogen-bond donors (Lipinski definition) is 2. The molecule has 2 heterocycles. The van der Waals surface area contributed by atoms with Crippen LogP contribution in [0.2, 0.25) is 0 Å². The van der Waals surface area contributed by atoms with Crippen molar-refractivity contribution in [3.63, 3.8) is 0 Å². The first kappa shape index (κ1) is 15.6. The van der Waals surface area contributed by atoms with Crippen molar-refractivity contribution in [1.29, 1.82) is 0 Å². The van der Waals surface area contributed by atoms with Crippen molar-refractivity contribution in [2.75, 3.05) is 19.8 Å². The lowest BCUT2D eigenvalue weighted by Crippen LogP contribution is -2.44. The van der Waals surface area contributed by atoms with Crippen molar-refractivity contribution in [3.05, 3.63) is 48.0 Å². The summed E-state index contributed by atoms with van der Waals surface area (Å²) in [5, 5.41) is 10.4. The average molecular weight is 315 g/mol. The molecule has 0 radical (unpaired) electrons. The molecule has 23 heavy (non-hydrogen) atoms. The summed E-state index contributed by atoms with van der Waals surface area (Å²) in [6.07, 6.45) is 3.64. The van der Waals surface area contributed by atoms with Crippen LogP contribution >= 0.6 is 0 Å². The fraction of sp³-hybridized carbons (Fsp3) is 0.438. The Balaban J connectivity index is 1.54. The van der Waals surface area contributed by atoms with E-state index >= 15 is 0 Å². The number of carbonyl (C=O) groups excluding carboxylic acids is 1. The summed E-state index contributed by atoms with van der Waals surface area (Å²) < 4.78 is 7.13. The van der Waals surface area contributed by atoms with E-state index in [9.17, 15) is 4.79 Å². The van der Waals surface area contributed by atoms with Crippen molar-refractivity contribution in [1.82, 2.24) is 25.4 Å². The average Bonchev–Trinajstić information content (AvgIpc) is 3.08. The lowest BCUT2D eigenvalue weighted by Gasteiger charge is -2.23. The van der Waals surface area contributed by atoms with Crippen molar-refractivity contribution in [2.45, 2.75) is 25.6 Å². The number of morpholine rings is 1. The lowest BCUT2D eigenvalue weighted by molar-refractivity contribution is -0.122. The zero-order valence-corrected chi connectivity index (χ0v) is 12.9. The third kappa shape index (κ3) is 4.61. The molecule has 1 atom stereocenters. The molecular formula is C16H21N5O2. The molecule has 0 aliphatic carbocycles. The number of aromatic nitrogens is 3. The predicted molar refractivity (Wildman–Crippen MR) is 84.6 cm³/mol. The van der Waals surface area contributed by atoms with Crippen LogP contribution in [0, 0.1) is 0 Å². The highest BCUT2D eigenvalue weighted by atomic mass is 16.5. The molecule has 0 saturated carbocycles. The molecule has 7 heteroatoms. The maximum absolute atomic E-state index is 12.1. The van der Waals surface area contributed by atoms with Gasteiger partial charge in [-0.1, -0.05) is 24.3 Å². The van der Waals surface area contributed by atoms with Crippen LogP contribution in [0.15, 0.2) is 36.9 Å². The molecule has 1 amide bonds. The summed E-state index contributed by atoms with van der Waals surface area (Å²) >= 11 is 0. The molecule has 1 unspecified atom stereocenters. The number of nitrogens with zero attached hydrogens (tertiary/aromatic N) is 3. The van der Waals surface area contributed by atoms with Gasteiger partial charge in [0.15, 0.2) is 0 Å². The van der Waals surface area contributed by atoms with Crippen molar-refractivity contribution in [3.8, 4) is 0 Å². The van der Waals surface area contributed by atoms with Crippen molar-refractivity contribution < 1.29 is 9.53 Å². The van der Waals surface area contributed by atoms with Crippen LogP contribution in [0.4, 0.5) is 0 Å². The number of benzene rings is 1. The Morgan fingerprint density at radius 1 is 1.39 bits per heavy atom. The van der Waals surface area contributed by atoms with Crippen LogP contribution in [0.25, 0.3) is 0 Å². The topological polar surface area (TPSA) is 81.1 Å². The minimum atomic E-state index is 0.0311. The van der Waals surface area contributed by atoms with Gasteiger partial charge in [0.2, 0.25) is 5.91 Å². The Morgan fingerprint density at radius 2 is 2.26 bits per heavy atom. The Labute approximate surface area is 135 Å². The summed E-state index contributed by atoms with van der Waals surface area (Å²) in [6.45, 7) is 3.27. The van der Waals surface area contributed by atoms with Crippen molar-refractivity contribution in [2.24, 2.45) is 0 Å². The van der Waals surface area contributed by atoms with Gasteiger partial charge in [-0.15, -0.1) is 0 Å². The fourth-order valence-corrected chi connectivity index (χ4v) is 2.61. The van der Waals surface area contributed by atoms with Gasteiger partial charge < -0.3 is 15.4 Å². The molecular weight excluding hydrogens is 294 g/mol. The third-order valence-electron chi connectivity index (χ3n) is 3.82. The highest BCUT2D eigenvalue weighted by molar-refractivity contribution is 5.76. The fourth-order valence-electron chi connectivity index (χ4n) is 2.61. The van der Waals surface area contributed by atoms with E-state index in [0.717, 1.165) is 17.7 Å². The predicted octanol–water partition coefficient (Wildman–Crippen LogP) is 0.321. The van der Waals surface area contributed by atoms with E-state index in [4.69, 9.17) is 4.74 Å². The first-order valence-electron chi connectivity index (χ1n) is 7.78. The van der Waals surface area contributed by atoms with Crippen LogP contribution < -0.4 is 10.6 Å². The molecule has 3 rings (SSSR count). The second-order valence-electron chi connectivity index (χ2n) is 5.57. The molecule has 0 spiro atoms. The van der Waals surface area contributed by atoms with Gasteiger partial charge in [-0.3, -0.25) is 4.79 Å². The first-order chi connectivity index (χ1) is 11.3. The van der Waals surface area contributed by atoms with Gasteiger partial charge in [0.05, 0.1) is 19.8 Å². The van der Waals surface area contributed by atoms with Gasteiger partial charge in [0.25, 0.3) is 0 Å². The van der Waals surface area contributed by atoms with E-state index in [1.807, 2.05) is 24.3 Å². The Morgan fingerprint density at radius 3 is 3.00 bits per heavy atom. The second kappa shape index (κ2) is 7.85. The van der Waals surface area contributed by atoms with Crippen LogP contribution in [-0.4, -0.2) is 46.5 Å². The molecule has 1 aromatic carbocycles. The quantitative estimate of drug-likeness (QED) is 0.802. The van der Waals surface area contributed by atoms with Gasteiger partial charge in [-0.25, -0.2) is 9.67 Å². The number of ether oxygens (including phenoxy) is 1. The Hall–Kier alpha value is -2.25. The van der Waals surface area contributed by atoms with E-state index in [1.54, 1.807) is 11.0 Å². The molecule has 122 valence electrons. The Bertz CT molecular complexity index is 623. The number of hydrogen-bond acceptors (Lipinski definition) is 5. The highest BCUT2D eigenvalue weighted by Crippen LogP contribution is 2.10. The molecule has 2 aromatic rings. The number of amides is 1. The maximum atomic E-state index is 12.1. The zero-order chi connectivity index (χ0) is 15.9. The SMILES string of the molecule is O=C(CC1COCCN1)NCc1ccccc1Cn1cncn1. The molecule has 7 nitrogen and oxygen atoms in total. The molecule has 0 bridgehead atoms. The largest absolute Gasteiger partial charge is 0.378 e. The molecule has 1 aromatic heterocycles. The normalized spacial score (nSPS) is 17.8. The lowest BCUT2D eigenvalue weighted by atomic mass is 10.1. The minimum absolute atomic E-state index is 0.0311. The number of carbonyl (C=O) groups is 1. The Kier molecular flexibility index (Phi) is 5.33.